The van der Waals surface area contributed by atoms with E-state index in [1.807, 2.05) is 16.8 Å². The SMILES string of the molecule is Fc1ccc(N=Cc2ccsc2)cc1F. The van der Waals surface area contributed by atoms with Crippen molar-refractivity contribution in [1.29, 1.82) is 0 Å². The van der Waals surface area contributed by atoms with Crippen molar-refractivity contribution >= 4 is 23.2 Å². The highest BCUT2D eigenvalue weighted by molar-refractivity contribution is 7.08. The van der Waals surface area contributed by atoms with Crippen LogP contribution in [0.4, 0.5) is 14.5 Å². The molecule has 0 saturated carbocycles. The molecule has 1 aromatic heterocycles. The predicted molar refractivity (Wildman–Crippen MR) is 57.9 cm³/mol. The fourth-order valence-corrected chi connectivity index (χ4v) is 1.67. The molecule has 0 aliphatic rings. The maximum Gasteiger partial charge on any atom is 0.160 e. The maximum atomic E-state index is 12.8. The first-order chi connectivity index (χ1) is 7.25. The Balaban J connectivity index is 2.21. The molecule has 0 fully saturated rings. The first-order valence-electron chi connectivity index (χ1n) is 4.27. The van der Waals surface area contributed by atoms with Gasteiger partial charge in [-0.05, 0) is 29.0 Å². The summed E-state index contributed by atoms with van der Waals surface area (Å²) in [6, 6.07) is 5.46. The van der Waals surface area contributed by atoms with Gasteiger partial charge in [-0.3, -0.25) is 4.99 Å². The Bertz CT molecular complexity index is 477. The summed E-state index contributed by atoms with van der Waals surface area (Å²) in [5.41, 5.74) is 1.35. The molecule has 0 amide bonds. The van der Waals surface area contributed by atoms with E-state index in [4.69, 9.17) is 0 Å². The van der Waals surface area contributed by atoms with Gasteiger partial charge in [-0.25, -0.2) is 8.78 Å². The molecule has 0 radical (unpaired) electrons. The number of halogens is 2. The first-order valence-corrected chi connectivity index (χ1v) is 5.21. The van der Waals surface area contributed by atoms with Crippen LogP contribution in [0, 0.1) is 11.6 Å². The van der Waals surface area contributed by atoms with E-state index < -0.39 is 11.6 Å². The second-order valence-corrected chi connectivity index (χ2v) is 3.69. The number of benzene rings is 1. The molecule has 4 heteroatoms. The Morgan fingerprint density at radius 2 is 2.00 bits per heavy atom. The van der Waals surface area contributed by atoms with Gasteiger partial charge in [0, 0.05) is 17.8 Å². The minimum atomic E-state index is -0.880. The van der Waals surface area contributed by atoms with Crippen LogP contribution >= 0.6 is 11.3 Å². The van der Waals surface area contributed by atoms with Crippen LogP contribution in [0.1, 0.15) is 5.56 Å². The Hall–Kier alpha value is -1.55. The second kappa shape index (κ2) is 4.31. The summed E-state index contributed by atoms with van der Waals surface area (Å²) in [7, 11) is 0. The molecule has 0 unspecified atom stereocenters. The number of nitrogens with zero attached hydrogens (tertiary/aromatic N) is 1. The third kappa shape index (κ3) is 2.47. The number of rotatable bonds is 2. The van der Waals surface area contributed by atoms with Crippen LogP contribution in [0.25, 0.3) is 0 Å². The summed E-state index contributed by atoms with van der Waals surface area (Å²) in [5.74, 6) is -1.74. The fourth-order valence-electron chi connectivity index (χ4n) is 1.06. The first kappa shape index (κ1) is 9.98. The molecular formula is C11H7F2NS. The Morgan fingerprint density at radius 3 is 2.67 bits per heavy atom. The molecule has 15 heavy (non-hydrogen) atoms. The third-order valence-electron chi connectivity index (χ3n) is 1.81. The molecule has 76 valence electrons. The van der Waals surface area contributed by atoms with Gasteiger partial charge < -0.3 is 0 Å². The van der Waals surface area contributed by atoms with Crippen molar-refractivity contribution in [2.24, 2.45) is 4.99 Å². The van der Waals surface area contributed by atoms with Gasteiger partial charge in [-0.15, -0.1) is 0 Å². The van der Waals surface area contributed by atoms with Crippen LogP contribution in [0.15, 0.2) is 40.0 Å². The topological polar surface area (TPSA) is 12.4 Å². The monoisotopic (exact) mass is 223 g/mol. The van der Waals surface area contributed by atoms with E-state index in [-0.39, 0.29) is 0 Å². The van der Waals surface area contributed by atoms with Crippen molar-refractivity contribution in [3.8, 4) is 0 Å². The number of thiophene rings is 1. The lowest BCUT2D eigenvalue weighted by molar-refractivity contribution is 0.509. The van der Waals surface area contributed by atoms with Gasteiger partial charge in [0.15, 0.2) is 11.6 Å². The lowest BCUT2D eigenvalue weighted by Crippen LogP contribution is -1.81. The van der Waals surface area contributed by atoms with Crippen molar-refractivity contribution < 1.29 is 8.78 Å². The van der Waals surface area contributed by atoms with Gasteiger partial charge in [-0.2, -0.15) is 11.3 Å². The molecule has 0 atom stereocenters. The van der Waals surface area contributed by atoms with Crippen LogP contribution in [0.2, 0.25) is 0 Å². The zero-order chi connectivity index (χ0) is 10.7. The summed E-state index contributed by atoms with van der Waals surface area (Å²) >= 11 is 1.56. The van der Waals surface area contributed by atoms with Gasteiger partial charge >= 0.3 is 0 Å². The summed E-state index contributed by atoms with van der Waals surface area (Å²) in [4.78, 5) is 4.03. The lowest BCUT2D eigenvalue weighted by atomic mass is 10.3. The smallest absolute Gasteiger partial charge is 0.160 e. The van der Waals surface area contributed by atoms with Gasteiger partial charge in [0.1, 0.15) is 0 Å². The predicted octanol–water partition coefficient (Wildman–Crippen LogP) is 3.78. The molecule has 1 nitrogen and oxygen atoms in total. The third-order valence-corrected chi connectivity index (χ3v) is 2.51. The average molecular weight is 223 g/mol. The zero-order valence-corrected chi connectivity index (χ0v) is 8.47. The van der Waals surface area contributed by atoms with E-state index in [0.717, 1.165) is 17.7 Å². The van der Waals surface area contributed by atoms with E-state index in [1.54, 1.807) is 17.6 Å². The van der Waals surface area contributed by atoms with Gasteiger partial charge in [0.2, 0.25) is 0 Å². The van der Waals surface area contributed by atoms with Crippen LogP contribution in [0.3, 0.4) is 0 Å². The van der Waals surface area contributed by atoms with E-state index in [2.05, 4.69) is 4.99 Å². The van der Waals surface area contributed by atoms with Crippen LogP contribution < -0.4 is 0 Å². The van der Waals surface area contributed by atoms with E-state index >= 15 is 0 Å². The molecule has 0 saturated heterocycles. The largest absolute Gasteiger partial charge is 0.256 e. The summed E-state index contributed by atoms with van der Waals surface area (Å²) in [5, 5.41) is 3.84. The lowest BCUT2D eigenvalue weighted by Gasteiger charge is -1.94. The van der Waals surface area contributed by atoms with Crippen molar-refractivity contribution in [1.82, 2.24) is 0 Å². The zero-order valence-electron chi connectivity index (χ0n) is 7.65. The molecule has 1 heterocycles. The molecule has 0 aliphatic carbocycles. The Morgan fingerprint density at radius 1 is 1.13 bits per heavy atom. The molecule has 2 aromatic rings. The molecule has 1 aromatic carbocycles. The van der Waals surface area contributed by atoms with Crippen LogP contribution in [-0.4, -0.2) is 6.21 Å². The van der Waals surface area contributed by atoms with Gasteiger partial charge in [0.05, 0.1) is 5.69 Å². The van der Waals surface area contributed by atoms with Crippen molar-refractivity contribution in [3.63, 3.8) is 0 Å². The van der Waals surface area contributed by atoms with E-state index in [1.165, 1.54) is 6.07 Å². The highest BCUT2D eigenvalue weighted by atomic mass is 32.1. The number of hydrogen-bond donors (Lipinski definition) is 0. The Labute approximate surface area is 89.7 Å². The number of aliphatic imine (C=N–C) groups is 1. The minimum absolute atomic E-state index is 0.403. The maximum absolute atomic E-state index is 12.8. The molecule has 2 rings (SSSR count). The van der Waals surface area contributed by atoms with Crippen LogP contribution in [0.5, 0.6) is 0 Å². The van der Waals surface area contributed by atoms with Crippen molar-refractivity contribution in [3.05, 3.63) is 52.2 Å². The van der Waals surface area contributed by atoms with E-state index in [0.29, 0.717) is 5.69 Å². The summed E-state index contributed by atoms with van der Waals surface area (Å²) in [6.45, 7) is 0. The standard InChI is InChI=1S/C11H7F2NS/c12-10-2-1-9(5-11(10)13)14-6-8-3-4-15-7-8/h1-7H. The normalized spacial score (nSPS) is 11.1. The number of hydrogen-bond acceptors (Lipinski definition) is 2. The van der Waals surface area contributed by atoms with Crippen molar-refractivity contribution in [2.75, 3.05) is 0 Å². The minimum Gasteiger partial charge on any atom is -0.256 e. The summed E-state index contributed by atoms with van der Waals surface area (Å²) in [6.07, 6.45) is 1.61. The van der Waals surface area contributed by atoms with E-state index in [9.17, 15) is 8.78 Å². The van der Waals surface area contributed by atoms with Gasteiger partial charge in [0.25, 0.3) is 0 Å². The highest BCUT2D eigenvalue weighted by Gasteiger charge is 2.00. The fraction of sp³-hybridized carbons (Fsp3) is 0. The quantitative estimate of drug-likeness (QED) is 0.687. The highest BCUT2D eigenvalue weighted by Crippen LogP contribution is 2.16. The second-order valence-electron chi connectivity index (χ2n) is 2.91. The Kier molecular flexibility index (Phi) is 2.87. The van der Waals surface area contributed by atoms with Crippen LogP contribution in [-0.2, 0) is 0 Å². The average Bonchev–Trinajstić information content (AvgIpc) is 2.73. The molecular weight excluding hydrogens is 216 g/mol. The molecule has 0 aliphatic heterocycles. The van der Waals surface area contributed by atoms with Gasteiger partial charge in [-0.1, -0.05) is 0 Å². The molecule has 0 bridgehead atoms. The van der Waals surface area contributed by atoms with Crippen molar-refractivity contribution in [2.45, 2.75) is 0 Å². The molecule has 0 spiro atoms. The molecule has 0 N–H and O–H groups in total. The summed E-state index contributed by atoms with van der Waals surface area (Å²) < 4.78 is 25.4.